The number of hydrogen-bond donors (Lipinski definition) is 2. The topological polar surface area (TPSA) is 66.6 Å². The van der Waals surface area contributed by atoms with Crippen LogP contribution in [-0.2, 0) is 10.2 Å². The molecule has 0 aliphatic carbocycles. The van der Waals surface area contributed by atoms with Crippen molar-refractivity contribution >= 4 is 11.6 Å². The van der Waals surface area contributed by atoms with Crippen LogP contribution < -0.4 is 5.73 Å². The largest absolute Gasteiger partial charge is 0.399 e. The summed E-state index contributed by atoms with van der Waals surface area (Å²) in [6.45, 7) is 5.01. The molecule has 1 atom stereocenters. The van der Waals surface area contributed by atoms with E-state index < -0.39 is 5.41 Å². The lowest BCUT2D eigenvalue weighted by atomic mass is 9.82. The van der Waals surface area contributed by atoms with Crippen molar-refractivity contribution < 1.29 is 9.90 Å². The molecule has 0 spiro atoms. The summed E-state index contributed by atoms with van der Waals surface area (Å²) in [5.41, 5.74) is 6.73. The second-order valence-electron chi connectivity index (χ2n) is 5.79. The maximum atomic E-state index is 12.6. The number of aliphatic hydroxyl groups excluding tert-OH is 1. The average molecular weight is 262 g/mol. The maximum absolute atomic E-state index is 12.6. The average Bonchev–Trinajstić information content (AvgIpc) is 2.38. The molecular weight excluding hydrogens is 240 g/mol. The predicted octanol–water partition coefficient (Wildman–Crippen LogP) is 1.53. The van der Waals surface area contributed by atoms with E-state index in [1.54, 1.807) is 4.90 Å². The van der Waals surface area contributed by atoms with Gasteiger partial charge in [-0.2, -0.15) is 0 Å². The molecule has 1 aliphatic rings. The van der Waals surface area contributed by atoms with Crippen LogP contribution in [0.25, 0.3) is 0 Å². The van der Waals surface area contributed by atoms with E-state index in [4.69, 9.17) is 5.73 Å². The fourth-order valence-corrected chi connectivity index (χ4v) is 2.56. The molecule has 19 heavy (non-hydrogen) atoms. The van der Waals surface area contributed by atoms with Gasteiger partial charge >= 0.3 is 0 Å². The summed E-state index contributed by atoms with van der Waals surface area (Å²) in [5, 5.41) is 9.69. The van der Waals surface area contributed by atoms with E-state index in [-0.39, 0.29) is 12.0 Å². The molecule has 1 amide bonds. The second-order valence-corrected chi connectivity index (χ2v) is 5.79. The van der Waals surface area contributed by atoms with Crippen LogP contribution in [0.1, 0.15) is 32.3 Å². The van der Waals surface area contributed by atoms with Gasteiger partial charge in [-0.3, -0.25) is 4.79 Å². The van der Waals surface area contributed by atoms with E-state index in [1.165, 1.54) is 0 Å². The molecule has 2 rings (SSSR count). The van der Waals surface area contributed by atoms with Gasteiger partial charge in [-0.1, -0.05) is 12.1 Å². The van der Waals surface area contributed by atoms with Gasteiger partial charge in [0.05, 0.1) is 11.5 Å². The van der Waals surface area contributed by atoms with E-state index in [9.17, 15) is 9.90 Å². The number of nitrogen functional groups attached to an aromatic ring is 1. The number of likely N-dealkylation sites (tertiary alicyclic amines) is 1. The number of rotatable bonds is 2. The summed E-state index contributed by atoms with van der Waals surface area (Å²) in [6.07, 6.45) is 1.26. The highest BCUT2D eigenvalue weighted by Gasteiger charge is 2.35. The van der Waals surface area contributed by atoms with Gasteiger partial charge in [-0.05, 0) is 44.4 Å². The molecular formula is C15H22N2O2. The smallest absolute Gasteiger partial charge is 0.232 e. The van der Waals surface area contributed by atoms with Crippen LogP contribution in [-0.4, -0.2) is 35.1 Å². The zero-order chi connectivity index (χ0) is 14.0. The number of amides is 1. The quantitative estimate of drug-likeness (QED) is 0.794. The summed E-state index contributed by atoms with van der Waals surface area (Å²) in [7, 11) is 0. The molecule has 3 N–H and O–H groups in total. The first-order valence-electron chi connectivity index (χ1n) is 6.74. The number of piperidine rings is 1. The van der Waals surface area contributed by atoms with E-state index in [2.05, 4.69) is 0 Å². The number of carbonyl (C=O) groups excluding carboxylic acids is 1. The fraction of sp³-hybridized carbons (Fsp3) is 0.533. The maximum Gasteiger partial charge on any atom is 0.232 e. The number of anilines is 1. The molecule has 1 fully saturated rings. The molecule has 1 aromatic carbocycles. The molecule has 4 nitrogen and oxygen atoms in total. The Labute approximate surface area is 114 Å². The Balaban J connectivity index is 2.18. The predicted molar refractivity (Wildman–Crippen MR) is 75.7 cm³/mol. The summed E-state index contributed by atoms with van der Waals surface area (Å²) in [6, 6.07) is 7.42. The minimum Gasteiger partial charge on any atom is -0.399 e. The fourth-order valence-electron chi connectivity index (χ4n) is 2.56. The summed E-state index contributed by atoms with van der Waals surface area (Å²) < 4.78 is 0. The first-order valence-corrected chi connectivity index (χ1v) is 6.74. The van der Waals surface area contributed by atoms with Crippen LogP contribution >= 0.6 is 0 Å². The number of aliphatic hydroxyl groups is 1. The number of hydrogen-bond acceptors (Lipinski definition) is 3. The van der Waals surface area contributed by atoms with E-state index in [0.29, 0.717) is 12.2 Å². The number of nitrogens with two attached hydrogens (primary N) is 1. The third-order valence-corrected chi connectivity index (χ3v) is 3.85. The molecule has 1 heterocycles. The molecule has 104 valence electrons. The number of β-amino-alcohol motifs (C(OH)–C–C–N with tert-alkyl or cyclic N) is 1. The lowest BCUT2D eigenvalue weighted by molar-refractivity contribution is -0.139. The molecule has 1 aromatic rings. The van der Waals surface area contributed by atoms with Gasteiger partial charge in [0.1, 0.15) is 0 Å². The van der Waals surface area contributed by atoms with Crippen LogP contribution in [0.4, 0.5) is 5.69 Å². The summed E-state index contributed by atoms with van der Waals surface area (Å²) in [5.74, 6) is 0.0658. The Morgan fingerprint density at radius 3 is 2.58 bits per heavy atom. The van der Waals surface area contributed by atoms with Crippen molar-refractivity contribution in [3.63, 3.8) is 0 Å². The Hall–Kier alpha value is -1.55. The summed E-state index contributed by atoms with van der Waals surface area (Å²) in [4.78, 5) is 14.4. The molecule has 1 unspecified atom stereocenters. The molecule has 0 aromatic heterocycles. The lowest BCUT2D eigenvalue weighted by Gasteiger charge is -2.36. The third-order valence-electron chi connectivity index (χ3n) is 3.85. The Morgan fingerprint density at radius 2 is 2.00 bits per heavy atom. The minimum atomic E-state index is -0.592. The first-order chi connectivity index (χ1) is 8.91. The number of carbonyl (C=O) groups is 1. The van der Waals surface area contributed by atoms with Gasteiger partial charge < -0.3 is 15.7 Å². The van der Waals surface area contributed by atoms with Gasteiger partial charge in [0, 0.05) is 18.8 Å². The molecule has 0 bridgehead atoms. The van der Waals surface area contributed by atoms with Gasteiger partial charge in [0.15, 0.2) is 0 Å². The highest BCUT2D eigenvalue weighted by molar-refractivity contribution is 5.87. The number of benzene rings is 1. The van der Waals surface area contributed by atoms with Crippen molar-refractivity contribution in [2.75, 3.05) is 18.8 Å². The van der Waals surface area contributed by atoms with Crippen molar-refractivity contribution in [1.29, 1.82) is 0 Å². The lowest BCUT2D eigenvalue weighted by Crippen LogP contribution is -2.49. The SMILES string of the molecule is CC(C)(C(=O)N1CCCC(O)C1)c1ccc(N)cc1. The molecule has 1 aliphatic heterocycles. The van der Waals surface area contributed by atoms with Crippen LogP contribution in [0.3, 0.4) is 0 Å². The highest BCUT2D eigenvalue weighted by Crippen LogP contribution is 2.27. The third kappa shape index (κ3) is 2.89. The Kier molecular flexibility index (Phi) is 3.80. The van der Waals surface area contributed by atoms with E-state index in [1.807, 2.05) is 38.1 Å². The zero-order valence-electron chi connectivity index (χ0n) is 11.6. The van der Waals surface area contributed by atoms with Crippen LogP contribution in [0, 0.1) is 0 Å². The summed E-state index contributed by atoms with van der Waals surface area (Å²) >= 11 is 0. The van der Waals surface area contributed by atoms with Gasteiger partial charge in [0.2, 0.25) is 5.91 Å². The van der Waals surface area contributed by atoms with Crippen molar-refractivity contribution in [2.45, 2.75) is 38.2 Å². The van der Waals surface area contributed by atoms with E-state index >= 15 is 0 Å². The monoisotopic (exact) mass is 262 g/mol. The van der Waals surface area contributed by atoms with Gasteiger partial charge in [0.25, 0.3) is 0 Å². The normalized spacial score (nSPS) is 20.4. The van der Waals surface area contributed by atoms with E-state index in [0.717, 1.165) is 24.9 Å². The Bertz CT molecular complexity index is 454. The molecule has 0 radical (unpaired) electrons. The van der Waals surface area contributed by atoms with Gasteiger partial charge in [-0.15, -0.1) is 0 Å². The zero-order valence-corrected chi connectivity index (χ0v) is 11.6. The van der Waals surface area contributed by atoms with Gasteiger partial charge in [-0.25, -0.2) is 0 Å². The van der Waals surface area contributed by atoms with Crippen molar-refractivity contribution in [3.05, 3.63) is 29.8 Å². The Morgan fingerprint density at radius 1 is 1.37 bits per heavy atom. The van der Waals surface area contributed by atoms with Crippen LogP contribution in [0.2, 0.25) is 0 Å². The molecule has 1 saturated heterocycles. The minimum absolute atomic E-state index is 0.0658. The van der Waals surface area contributed by atoms with Crippen molar-refractivity contribution in [2.24, 2.45) is 0 Å². The van der Waals surface area contributed by atoms with Crippen molar-refractivity contribution in [1.82, 2.24) is 4.90 Å². The second kappa shape index (κ2) is 5.21. The highest BCUT2D eigenvalue weighted by atomic mass is 16.3. The molecule has 4 heteroatoms. The molecule has 0 saturated carbocycles. The standard InChI is InChI=1S/C15H22N2O2/c1-15(2,11-5-7-12(16)8-6-11)14(19)17-9-3-4-13(18)10-17/h5-8,13,18H,3-4,9-10,16H2,1-2H3. The van der Waals surface area contributed by atoms with Crippen LogP contribution in [0.15, 0.2) is 24.3 Å². The van der Waals surface area contributed by atoms with Crippen molar-refractivity contribution in [3.8, 4) is 0 Å². The van der Waals surface area contributed by atoms with Crippen LogP contribution in [0.5, 0.6) is 0 Å². The first kappa shape index (κ1) is 13.9. The number of nitrogens with zero attached hydrogens (tertiary/aromatic N) is 1.